The van der Waals surface area contributed by atoms with E-state index in [1.165, 1.54) is 25.0 Å². The average Bonchev–Trinajstić information content (AvgIpc) is 3.25. The molecule has 10 heteroatoms. The van der Waals surface area contributed by atoms with Crippen molar-refractivity contribution in [2.45, 2.75) is 36.1 Å². The van der Waals surface area contributed by atoms with Gasteiger partial charge in [-0.3, -0.25) is 4.57 Å². The van der Waals surface area contributed by atoms with E-state index in [1.54, 1.807) is 6.92 Å². The van der Waals surface area contributed by atoms with Gasteiger partial charge in [-0.15, -0.1) is 0 Å². The number of ether oxygens (including phenoxy) is 2. The molecular formula is C31H33N3O7. The minimum atomic E-state index is -2.26. The van der Waals surface area contributed by atoms with Crippen LogP contribution in [0.3, 0.4) is 0 Å². The third kappa shape index (κ3) is 4.03. The Morgan fingerprint density at radius 1 is 0.951 bits per heavy atom. The van der Waals surface area contributed by atoms with E-state index in [0.29, 0.717) is 22.3 Å². The SMILES string of the molecule is COO[C@]1(OC)[C@H](O)[C@@H](CO)O[C@]1(n1cc(C)c(N)nc1=O)C(c1ccccc1)(c1ccccc1)c1ccccc1. The Balaban J connectivity index is 2.13. The molecule has 2 heterocycles. The summed E-state index contributed by atoms with van der Waals surface area (Å²) in [7, 11) is 2.57. The zero-order chi connectivity index (χ0) is 29.3. The fourth-order valence-corrected chi connectivity index (χ4v) is 6.16. The van der Waals surface area contributed by atoms with Crippen LogP contribution in [-0.2, 0) is 30.4 Å². The summed E-state index contributed by atoms with van der Waals surface area (Å²) >= 11 is 0. The van der Waals surface area contributed by atoms with Gasteiger partial charge < -0.3 is 25.4 Å². The number of rotatable bonds is 9. The number of aromatic nitrogens is 2. The number of methoxy groups -OCH3 is 1. The van der Waals surface area contributed by atoms with Crippen LogP contribution in [0.5, 0.6) is 0 Å². The smallest absolute Gasteiger partial charge is 0.352 e. The summed E-state index contributed by atoms with van der Waals surface area (Å²) in [6.07, 6.45) is -1.45. The molecule has 1 aliphatic rings. The summed E-state index contributed by atoms with van der Waals surface area (Å²) in [5.74, 6) is -2.23. The van der Waals surface area contributed by atoms with E-state index in [0.717, 1.165) is 0 Å². The number of aliphatic hydroxyl groups is 2. The summed E-state index contributed by atoms with van der Waals surface area (Å²) < 4.78 is 14.1. The average molecular weight is 560 g/mol. The Hall–Kier alpha value is -3.90. The van der Waals surface area contributed by atoms with Crippen LogP contribution < -0.4 is 11.4 Å². The van der Waals surface area contributed by atoms with Crippen molar-refractivity contribution >= 4 is 5.82 Å². The number of hydrogen-bond acceptors (Lipinski definition) is 9. The number of hydrogen-bond donors (Lipinski definition) is 3. The van der Waals surface area contributed by atoms with Gasteiger partial charge in [0.15, 0.2) is 0 Å². The minimum absolute atomic E-state index is 0.0269. The van der Waals surface area contributed by atoms with Crippen molar-refractivity contribution in [3.63, 3.8) is 0 Å². The molecule has 4 atom stereocenters. The molecule has 0 amide bonds. The Kier molecular flexibility index (Phi) is 7.80. The van der Waals surface area contributed by atoms with E-state index in [9.17, 15) is 15.0 Å². The van der Waals surface area contributed by atoms with Crippen molar-refractivity contribution in [2.75, 3.05) is 26.6 Å². The molecule has 4 aromatic rings. The van der Waals surface area contributed by atoms with Gasteiger partial charge >= 0.3 is 5.69 Å². The molecule has 1 aromatic heterocycles. The van der Waals surface area contributed by atoms with Crippen molar-refractivity contribution in [3.8, 4) is 0 Å². The van der Waals surface area contributed by atoms with Gasteiger partial charge in [-0.05, 0) is 23.6 Å². The van der Waals surface area contributed by atoms with Gasteiger partial charge in [0.2, 0.25) is 5.72 Å². The Bertz CT molecular complexity index is 1440. The molecular weight excluding hydrogens is 526 g/mol. The highest BCUT2D eigenvalue weighted by Crippen LogP contribution is 2.61. The second-order valence-corrected chi connectivity index (χ2v) is 9.86. The summed E-state index contributed by atoms with van der Waals surface area (Å²) in [5, 5.41) is 22.4. The molecule has 214 valence electrons. The van der Waals surface area contributed by atoms with Crippen LogP contribution in [0.2, 0.25) is 0 Å². The molecule has 0 radical (unpaired) electrons. The van der Waals surface area contributed by atoms with E-state index in [2.05, 4.69) is 4.98 Å². The molecule has 5 rings (SSSR count). The fraction of sp³-hybridized carbons (Fsp3) is 0.290. The maximum absolute atomic E-state index is 14.0. The number of benzene rings is 3. The lowest BCUT2D eigenvalue weighted by Gasteiger charge is -2.55. The van der Waals surface area contributed by atoms with Gasteiger partial charge in [0, 0.05) is 18.9 Å². The predicted molar refractivity (Wildman–Crippen MR) is 151 cm³/mol. The van der Waals surface area contributed by atoms with Gasteiger partial charge in [0.1, 0.15) is 18.0 Å². The fourth-order valence-electron chi connectivity index (χ4n) is 6.16. The third-order valence-corrected chi connectivity index (χ3v) is 7.84. The second-order valence-electron chi connectivity index (χ2n) is 9.86. The first-order valence-corrected chi connectivity index (χ1v) is 13.1. The monoisotopic (exact) mass is 559 g/mol. The lowest BCUT2D eigenvalue weighted by atomic mass is 9.59. The zero-order valence-corrected chi connectivity index (χ0v) is 23.0. The molecule has 4 N–H and O–H groups in total. The van der Waals surface area contributed by atoms with E-state index in [1.807, 2.05) is 91.0 Å². The molecule has 0 saturated carbocycles. The highest BCUT2D eigenvalue weighted by atomic mass is 17.2. The van der Waals surface area contributed by atoms with Gasteiger partial charge in [0.25, 0.3) is 5.79 Å². The largest absolute Gasteiger partial charge is 0.394 e. The normalized spacial score (nSPS) is 24.4. The Morgan fingerprint density at radius 2 is 1.44 bits per heavy atom. The van der Waals surface area contributed by atoms with Crippen LogP contribution in [-0.4, -0.2) is 58.6 Å². The Labute approximate surface area is 237 Å². The molecule has 0 unspecified atom stereocenters. The van der Waals surface area contributed by atoms with Gasteiger partial charge in [-0.2, -0.15) is 9.87 Å². The van der Waals surface area contributed by atoms with Crippen molar-refractivity contribution in [3.05, 3.63) is 130 Å². The first-order valence-electron chi connectivity index (χ1n) is 13.1. The molecule has 41 heavy (non-hydrogen) atoms. The standard InChI is InChI=1S/C31H33N3O7/c1-21-19-34(28(37)33-27(21)32)31(30(38-2,41-39-3)26(36)25(20-35)40-31)29(22-13-7-4-8-14-22,23-15-9-5-10-16-23)24-17-11-6-12-18-24/h4-19,25-26,35-36H,20H2,1-3H3,(H2,32,33,37)/t25-,26-,30-,31-/m1/s1. The van der Waals surface area contributed by atoms with Gasteiger partial charge in [-0.1, -0.05) is 91.0 Å². The number of aliphatic hydroxyl groups excluding tert-OH is 2. The number of nitrogen functional groups attached to an aromatic ring is 1. The zero-order valence-electron chi connectivity index (χ0n) is 23.0. The van der Waals surface area contributed by atoms with Crippen molar-refractivity contribution in [1.82, 2.24) is 9.55 Å². The summed E-state index contributed by atoms with van der Waals surface area (Å²) in [6.45, 7) is 1.06. The first kappa shape index (κ1) is 28.6. The van der Waals surface area contributed by atoms with Crippen molar-refractivity contribution in [1.29, 1.82) is 0 Å². The molecule has 1 aliphatic heterocycles. The van der Waals surface area contributed by atoms with Crippen LogP contribution in [0, 0.1) is 6.92 Å². The number of nitrogens with zero attached hydrogens (tertiary/aromatic N) is 2. The van der Waals surface area contributed by atoms with E-state index >= 15 is 0 Å². The van der Waals surface area contributed by atoms with Gasteiger partial charge in [-0.25, -0.2) is 9.68 Å². The lowest BCUT2D eigenvalue weighted by molar-refractivity contribution is -0.470. The maximum Gasteiger partial charge on any atom is 0.352 e. The highest BCUT2D eigenvalue weighted by molar-refractivity contribution is 5.55. The number of nitrogens with two attached hydrogens (primary N) is 1. The molecule has 1 fully saturated rings. The summed E-state index contributed by atoms with van der Waals surface area (Å²) in [5.41, 5.74) is 4.05. The molecule has 0 spiro atoms. The topological polar surface area (TPSA) is 138 Å². The van der Waals surface area contributed by atoms with E-state index < -0.39 is 41.4 Å². The molecule has 1 saturated heterocycles. The number of aryl methyl sites for hydroxylation is 1. The third-order valence-electron chi connectivity index (χ3n) is 7.84. The maximum atomic E-state index is 14.0. The summed E-state index contributed by atoms with van der Waals surface area (Å²) in [6, 6.07) is 28.1. The van der Waals surface area contributed by atoms with Crippen LogP contribution in [0.15, 0.2) is 102 Å². The minimum Gasteiger partial charge on any atom is -0.394 e. The van der Waals surface area contributed by atoms with Crippen LogP contribution >= 0.6 is 0 Å². The van der Waals surface area contributed by atoms with Crippen LogP contribution in [0.25, 0.3) is 0 Å². The quantitative estimate of drug-likeness (QED) is 0.122. The molecule has 0 aliphatic carbocycles. The van der Waals surface area contributed by atoms with Crippen LogP contribution in [0.4, 0.5) is 5.82 Å². The lowest BCUT2D eigenvalue weighted by Crippen LogP contribution is -2.71. The van der Waals surface area contributed by atoms with Crippen molar-refractivity contribution < 1.29 is 29.5 Å². The van der Waals surface area contributed by atoms with Crippen LogP contribution in [0.1, 0.15) is 22.3 Å². The van der Waals surface area contributed by atoms with Crippen molar-refractivity contribution in [2.24, 2.45) is 0 Å². The van der Waals surface area contributed by atoms with E-state index in [4.69, 9.17) is 25.0 Å². The highest BCUT2D eigenvalue weighted by Gasteiger charge is 2.79. The number of anilines is 1. The molecule has 3 aromatic carbocycles. The van der Waals surface area contributed by atoms with Gasteiger partial charge in [0.05, 0.1) is 19.1 Å². The first-order chi connectivity index (χ1) is 19.8. The predicted octanol–water partition coefficient (Wildman–Crippen LogP) is 2.49. The molecule has 0 bridgehead atoms. The Morgan fingerprint density at radius 3 is 1.85 bits per heavy atom. The summed E-state index contributed by atoms with van der Waals surface area (Å²) in [4.78, 5) is 29.3. The second kappa shape index (κ2) is 11.2. The molecule has 10 nitrogen and oxygen atoms in total. The van der Waals surface area contributed by atoms with E-state index in [-0.39, 0.29) is 5.82 Å².